The molecule has 0 saturated carbocycles. The van der Waals surface area contributed by atoms with Crippen LogP contribution < -0.4 is 0 Å². The van der Waals surface area contributed by atoms with E-state index < -0.39 is 10.0 Å². The number of hydrogen-bond acceptors (Lipinski definition) is 3. The summed E-state index contributed by atoms with van der Waals surface area (Å²) in [7, 11) is -3.53. The van der Waals surface area contributed by atoms with Crippen molar-refractivity contribution in [2.75, 3.05) is 13.1 Å². The lowest BCUT2D eigenvalue weighted by atomic mass is 9.87. The van der Waals surface area contributed by atoms with Gasteiger partial charge in [0.25, 0.3) is 0 Å². The van der Waals surface area contributed by atoms with Crippen LogP contribution in [0, 0.1) is 12.8 Å². The summed E-state index contributed by atoms with van der Waals surface area (Å²) in [6.45, 7) is 7.18. The van der Waals surface area contributed by atoms with E-state index in [0.717, 1.165) is 36.1 Å². The van der Waals surface area contributed by atoms with Gasteiger partial charge in [0.1, 0.15) is 0 Å². The summed E-state index contributed by atoms with van der Waals surface area (Å²) in [6, 6.07) is 12.9. The Bertz CT molecular complexity index is 903. The van der Waals surface area contributed by atoms with Gasteiger partial charge in [0, 0.05) is 19.3 Å². The molecule has 1 unspecified atom stereocenters. The molecule has 2 heterocycles. The third kappa shape index (κ3) is 4.30. The molecule has 1 aliphatic heterocycles. The molecule has 0 saturated heterocycles. The third-order valence-electron chi connectivity index (χ3n) is 5.23. The lowest BCUT2D eigenvalue weighted by molar-refractivity contribution is 0.382. The summed E-state index contributed by atoms with van der Waals surface area (Å²) in [5.74, 6) is 0.183. The maximum Gasteiger partial charge on any atom is 0.243 e. The molecule has 0 aliphatic carbocycles. The third-order valence-corrected chi connectivity index (χ3v) is 7.05. The van der Waals surface area contributed by atoms with Crippen molar-refractivity contribution in [2.24, 2.45) is 5.92 Å². The second kappa shape index (κ2) is 8.36. The van der Waals surface area contributed by atoms with Gasteiger partial charge in [0.05, 0.1) is 10.6 Å². The highest BCUT2D eigenvalue weighted by Gasteiger charge is 2.33. The van der Waals surface area contributed by atoms with Crippen LogP contribution in [-0.2, 0) is 10.0 Å². The summed E-state index contributed by atoms with van der Waals surface area (Å²) < 4.78 is 28.1. The van der Waals surface area contributed by atoms with Crippen LogP contribution in [0.4, 0.5) is 0 Å². The average Bonchev–Trinajstić information content (AvgIpc) is 2.67. The van der Waals surface area contributed by atoms with Gasteiger partial charge in [-0.15, -0.1) is 0 Å². The Morgan fingerprint density at radius 1 is 1.15 bits per heavy atom. The summed E-state index contributed by atoms with van der Waals surface area (Å²) in [4.78, 5) is 4.88. The molecular formula is C22H28N2O2S. The highest BCUT2D eigenvalue weighted by Crippen LogP contribution is 2.35. The van der Waals surface area contributed by atoms with Crippen molar-refractivity contribution in [1.29, 1.82) is 0 Å². The number of pyridine rings is 1. The van der Waals surface area contributed by atoms with E-state index in [1.165, 1.54) is 5.57 Å². The topological polar surface area (TPSA) is 50.3 Å². The molecule has 0 fully saturated rings. The molecule has 144 valence electrons. The van der Waals surface area contributed by atoms with Crippen LogP contribution in [0.3, 0.4) is 0 Å². The fourth-order valence-electron chi connectivity index (χ4n) is 3.65. The zero-order valence-corrected chi connectivity index (χ0v) is 17.2. The standard InChI is InChI=1S/C22H28N2O2S/c1-4-5-8-20-18(3)15-24(16-21(20)22-9-6-7-14-23-22)27(25,26)19-12-10-17(2)11-13-19/h6-7,9-14,18H,4-5,8,15-16H2,1-3H3. The highest BCUT2D eigenvalue weighted by molar-refractivity contribution is 7.89. The van der Waals surface area contributed by atoms with Gasteiger partial charge in [0.2, 0.25) is 10.0 Å². The molecule has 0 N–H and O–H groups in total. The number of aryl methyl sites for hydroxylation is 1. The predicted octanol–water partition coefficient (Wildman–Crippen LogP) is 4.67. The molecule has 0 bridgehead atoms. The number of unbranched alkanes of at least 4 members (excludes halogenated alkanes) is 1. The van der Waals surface area contributed by atoms with Gasteiger partial charge in [-0.25, -0.2) is 8.42 Å². The quantitative estimate of drug-likeness (QED) is 0.727. The van der Waals surface area contributed by atoms with Crippen molar-refractivity contribution < 1.29 is 8.42 Å². The molecule has 0 radical (unpaired) electrons. The molecule has 1 aromatic carbocycles. The first-order valence-corrected chi connectivity index (χ1v) is 11.1. The normalized spacial score (nSPS) is 18.7. The second-order valence-electron chi connectivity index (χ2n) is 7.33. The summed E-state index contributed by atoms with van der Waals surface area (Å²) in [6.07, 6.45) is 5.01. The van der Waals surface area contributed by atoms with E-state index in [-0.39, 0.29) is 5.92 Å². The zero-order valence-electron chi connectivity index (χ0n) is 16.4. The smallest absolute Gasteiger partial charge is 0.243 e. The fourth-order valence-corrected chi connectivity index (χ4v) is 5.15. The molecular weight excluding hydrogens is 356 g/mol. The Hall–Kier alpha value is -1.98. The molecule has 4 nitrogen and oxygen atoms in total. The van der Waals surface area contributed by atoms with E-state index >= 15 is 0 Å². The monoisotopic (exact) mass is 384 g/mol. The van der Waals surface area contributed by atoms with E-state index in [2.05, 4.69) is 18.8 Å². The lowest BCUT2D eigenvalue weighted by Gasteiger charge is -2.34. The first kappa shape index (κ1) is 19.8. The molecule has 3 rings (SSSR count). The van der Waals surface area contributed by atoms with E-state index in [9.17, 15) is 8.42 Å². The molecule has 0 spiro atoms. The minimum Gasteiger partial charge on any atom is -0.257 e. The molecule has 5 heteroatoms. The lowest BCUT2D eigenvalue weighted by Crippen LogP contribution is -2.40. The minimum absolute atomic E-state index is 0.183. The van der Waals surface area contributed by atoms with Crippen LogP contribution in [-0.4, -0.2) is 30.8 Å². The fraction of sp³-hybridized carbons (Fsp3) is 0.409. The Balaban J connectivity index is 1.99. The number of nitrogens with zero attached hydrogens (tertiary/aromatic N) is 2. The maximum absolute atomic E-state index is 13.2. The number of sulfonamides is 1. The van der Waals surface area contributed by atoms with Crippen LogP contribution in [0.15, 0.2) is 59.1 Å². The van der Waals surface area contributed by atoms with Crippen LogP contribution in [0.1, 0.15) is 44.4 Å². The first-order chi connectivity index (χ1) is 12.9. The second-order valence-corrected chi connectivity index (χ2v) is 9.27. The molecule has 0 amide bonds. The van der Waals surface area contributed by atoms with Gasteiger partial charge in [-0.05, 0) is 55.5 Å². The van der Waals surface area contributed by atoms with Crippen molar-refractivity contribution in [3.63, 3.8) is 0 Å². The molecule has 1 aromatic heterocycles. The van der Waals surface area contributed by atoms with Gasteiger partial charge in [-0.3, -0.25) is 4.98 Å². The SMILES string of the molecule is CCCCC1=C(c2ccccn2)CN(S(=O)(=O)c2ccc(C)cc2)CC1C. The van der Waals surface area contributed by atoms with Crippen molar-refractivity contribution in [2.45, 2.75) is 44.9 Å². The Kier molecular flexibility index (Phi) is 6.12. The van der Waals surface area contributed by atoms with Gasteiger partial charge >= 0.3 is 0 Å². The van der Waals surface area contributed by atoms with Crippen molar-refractivity contribution in [3.05, 3.63) is 65.5 Å². The summed E-state index contributed by atoms with van der Waals surface area (Å²) in [5, 5.41) is 0. The van der Waals surface area contributed by atoms with E-state index in [1.54, 1.807) is 22.6 Å². The van der Waals surface area contributed by atoms with E-state index in [0.29, 0.717) is 18.0 Å². The molecule has 1 aliphatic rings. The van der Waals surface area contributed by atoms with Gasteiger partial charge in [0.15, 0.2) is 0 Å². The van der Waals surface area contributed by atoms with Crippen molar-refractivity contribution >= 4 is 15.6 Å². The largest absolute Gasteiger partial charge is 0.257 e. The number of hydrogen-bond donors (Lipinski definition) is 0. The van der Waals surface area contributed by atoms with E-state index in [1.807, 2.05) is 37.3 Å². The van der Waals surface area contributed by atoms with Crippen molar-refractivity contribution in [3.8, 4) is 0 Å². The van der Waals surface area contributed by atoms with Crippen LogP contribution in [0.25, 0.3) is 5.57 Å². The minimum atomic E-state index is -3.53. The summed E-state index contributed by atoms with van der Waals surface area (Å²) in [5.41, 5.74) is 4.36. The highest BCUT2D eigenvalue weighted by atomic mass is 32.2. The Labute approximate surface area is 163 Å². The molecule has 27 heavy (non-hydrogen) atoms. The number of aromatic nitrogens is 1. The molecule has 1 atom stereocenters. The van der Waals surface area contributed by atoms with Gasteiger partial charge in [-0.2, -0.15) is 4.31 Å². The van der Waals surface area contributed by atoms with Crippen LogP contribution in [0.2, 0.25) is 0 Å². The Morgan fingerprint density at radius 2 is 1.89 bits per heavy atom. The Morgan fingerprint density at radius 3 is 2.52 bits per heavy atom. The predicted molar refractivity (Wildman–Crippen MR) is 110 cm³/mol. The van der Waals surface area contributed by atoms with Crippen LogP contribution >= 0.6 is 0 Å². The summed E-state index contributed by atoms with van der Waals surface area (Å²) >= 11 is 0. The first-order valence-electron chi connectivity index (χ1n) is 9.63. The number of benzene rings is 1. The van der Waals surface area contributed by atoms with Crippen LogP contribution in [0.5, 0.6) is 0 Å². The maximum atomic E-state index is 13.2. The zero-order chi connectivity index (χ0) is 19.4. The number of rotatable bonds is 6. The van der Waals surface area contributed by atoms with Crippen molar-refractivity contribution in [1.82, 2.24) is 9.29 Å². The van der Waals surface area contributed by atoms with E-state index in [4.69, 9.17) is 0 Å². The molecule has 2 aromatic rings. The average molecular weight is 385 g/mol. The van der Waals surface area contributed by atoms with Gasteiger partial charge in [-0.1, -0.05) is 49.6 Å². The van der Waals surface area contributed by atoms with Gasteiger partial charge < -0.3 is 0 Å².